The van der Waals surface area contributed by atoms with E-state index >= 15 is 0 Å². The second kappa shape index (κ2) is 12.9. The number of aliphatic hydroxyl groups excluding tert-OH is 11. The summed E-state index contributed by atoms with van der Waals surface area (Å²) in [5.41, 5.74) is 0. The summed E-state index contributed by atoms with van der Waals surface area (Å²) in [6, 6.07) is 0. The Labute approximate surface area is 188 Å². The lowest BCUT2D eigenvalue weighted by molar-refractivity contribution is -0.346. The molecule has 3 unspecified atom stereocenters. The van der Waals surface area contributed by atoms with Crippen LogP contribution in [0.2, 0.25) is 0 Å². The van der Waals surface area contributed by atoms with Gasteiger partial charge in [0, 0.05) is 0 Å². The van der Waals surface area contributed by atoms with Gasteiger partial charge < -0.3 is 75.1 Å². The molecule has 2 heterocycles. The zero-order chi connectivity index (χ0) is 24.9. The molecular weight excluding hydrogens is 456 g/mol. The molecule has 15 heteroatoms. The molecule has 196 valence electrons. The second-order valence-electron chi connectivity index (χ2n) is 7.99. The van der Waals surface area contributed by atoms with Gasteiger partial charge in [-0.15, -0.1) is 0 Å². The summed E-state index contributed by atoms with van der Waals surface area (Å²) < 4.78 is 21.7. The lowest BCUT2D eigenvalue weighted by Crippen LogP contribution is -2.66. The van der Waals surface area contributed by atoms with E-state index in [9.17, 15) is 51.1 Å². The van der Waals surface area contributed by atoms with Crippen molar-refractivity contribution in [2.24, 2.45) is 0 Å². The summed E-state index contributed by atoms with van der Waals surface area (Å²) in [5, 5.41) is 108. The summed E-state index contributed by atoms with van der Waals surface area (Å²) in [7, 11) is 0. The van der Waals surface area contributed by atoms with E-state index in [0.717, 1.165) is 0 Å². The molecule has 13 atom stereocenters. The minimum absolute atomic E-state index is 0.536. The number of rotatable bonds is 11. The van der Waals surface area contributed by atoms with Gasteiger partial charge in [-0.3, -0.25) is 0 Å². The van der Waals surface area contributed by atoms with Crippen molar-refractivity contribution < 1.29 is 75.1 Å². The van der Waals surface area contributed by atoms with Crippen LogP contribution in [-0.4, -0.2) is 169 Å². The van der Waals surface area contributed by atoms with Crippen molar-refractivity contribution in [2.75, 3.05) is 33.0 Å². The van der Waals surface area contributed by atoms with Gasteiger partial charge in [0.1, 0.15) is 73.2 Å². The fourth-order valence-corrected chi connectivity index (χ4v) is 3.67. The van der Waals surface area contributed by atoms with Crippen LogP contribution in [0.5, 0.6) is 0 Å². The standard InChI is InChI=1S/C18H34O15/c19-1-6(23)5-30-17-13(28)11(26)9(4-22)32-18(17)33-15(7(24)2-20)16-14(29)12(27)10(25)8(3-21)31-16/h6-29H,1-5H2/t6?,7?,8-,9-,10-,11-,12+,13+,14-,15?,16+,17-,18-/m1/s1. The molecule has 0 amide bonds. The predicted octanol–water partition coefficient (Wildman–Crippen LogP) is -7.26. The first-order valence-corrected chi connectivity index (χ1v) is 10.4. The van der Waals surface area contributed by atoms with E-state index in [-0.39, 0.29) is 0 Å². The maximum atomic E-state index is 10.4. The highest BCUT2D eigenvalue weighted by Gasteiger charge is 2.52. The maximum absolute atomic E-state index is 10.4. The van der Waals surface area contributed by atoms with Gasteiger partial charge in [0.15, 0.2) is 6.29 Å². The first-order valence-electron chi connectivity index (χ1n) is 10.4. The SMILES string of the molecule is OCC(O)CO[C@H]1[C@@H](OC(C(O)CO)[C@H]2O[C@H](CO)[C@@H](O)[C@H](O)[C@H]2O)O[C@H](CO)[C@@H](O)[C@@H]1O. The molecule has 0 saturated carbocycles. The second-order valence-corrected chi connectivity index (χ2v) is 7.99. The smallest absolute Gasteiger partial charge is 0.187 e. The lowest BCUT2D eigenvalue weighted by Gasteiger charge is -2.47. The molecule has 11 N–H and O–H groups in total. The Morgan fingerprint density at radius 1 is 0.697 bits per heavy atom. The summed E-state index contributed by atoms with van der Waals surface area (Å²) >= 11 is 0. The first-order chi connectivity index (χ1) is 15.6. The molecule has 0 aliphatic carbocycles. The monoisotopic (exact) mass is 490 g/mol. The third kappa shape index (κ3) is 6.54. The van der Waals surface area contributed by atoms with E-state index in [4.69, 9.17) is 24.1 Å². The minimum atomic E-state index is -1.86. The molecule has 2 saturated heterocycles. The average molecular weight is 490 g/mol. The van der Waals surface area contributed by atoms with Crippen molar-refractivity contribution in [1.29, 1.82) is 0 Å². The summed E-state index contributed by atoms with van der Waals surface area (Å²) in [4.78, 5) is 0. The van der Waals surface area contributed by atoms with Crippen LogP contribution in [0.25, 0.3) is 0 Å². The lowest BCUT2D eigenvalue weighted by atomic mass is 9.90. The highest BCUT2D eigenvalue weighted by atomic mass is 16.7. The molecule has 0 spiro atoms. The van der Waals surface area contributed by atoms with Crippen molar-refractivity contribution in [2.45, 2.75) is 79.5 Å². The van der Waals surface area contributed by atoms with Gasteiger partial charge in [-0.05, 0) is 0 Å². The summed E-state index contributed by atoms with van der Waals surface area (Å²) in [6.45, 7) is -3.70. The molecule has 0 bridgehead atoms. The number of aliphatic hydroxyl groups is 11. The number of ether oxygens (including phenoxy) is 4. The van der Waals surface area contributed by atoms with Gasteiger partial charge in [-0.25, -0.2) is 0 Å². The molecule has 2 aliphatic heterocycles. The molecule has 15 nitrogen and oxygen atoms in total. The zero-order valence-electron chi connectivity index (χ0n) is 17.6. The van der Waals surface area contributed by atoms with Crippen molar-refractivity contribution in [1.82, 2.24) is 0 Å². The molecule has 33 heavy (non-hydrogen) atoms. The highest BCUT2D eigenvalue weighted by molar-refractivity contribution is 4.98. The van der Waals surface area contributed by atoms with Crippen LogP contribution in [0.15, 0.2) is 0 Å². The van der Waals surface area contributed by atoms with E-state index in [0.29, 0.717) is 0 Å². The fraction of sp³-hybridized carbons (Fsp3) is 1.00. The largest absolute Gasteiger partial charge is 0.394 e. The van der Waals surface area contributed by atoms with Crippen LogP contribution in [-0.2, 0) is 18.9 Å². The maximum Gasteiger partial charge on any atom is 0.187 e. The van der Waals surface area contributed by atoms with Crippen molar-refractivity contribution >= 4 is 0 Å². The van der Waals surface area contributed by atoms with Gasteiger partial charge in [0.05, 0.1) is 33.0 Å². The average Bonchev–Trinajstić information content (AvgIpc) is 2.82. The van der Waals surface area contributed by atoms with Crippen LogP contribution in [0.1, 0.15) is 0 Å². The number of hydrogen-bond donors (Lipinski definition) is 11. The van der Waals surface area contributed by atoms with Crippen LogP contribution >= 0.6 is 0 Å². The molecule has 2 aliphatic rings. The van der Waals surface area contributed by atoms with Gasteiger partial charge in [0.2, 0.25) is 0 Å². The van der Waals surface area contributed by atoms with Gasteiger partial charge >= 0.3 is 0 Å². The van der Waals surface area contributed by atoms with E-state index in [1.165, 1.54) is 0 Å². The molecule has 0 aromatic carbocycles. The van der Waals surface area contributed by atoms with E-state index < -0.39 is 113 Å². The Bertz CT molecular complexity index is 567. The van der Waals surface area contributed by atoms with E-state index in [2.05, 4.69) is 0 Å². The normalized spacial score (nSPS) is 42.6. The topological polar surface area (TPSA) is 259 Å². The fourth-order valence-electron chi connectivity index (χ4n) is 3.67. The third-order valence-electron chi connectivity index (χ3n) is 5.63. The van der Waals surface area contributed by atoms with Crippen LogP contribution in [0, 0.1) is 0 Å². The Balaban J connectivity index is 2.30. The third-order valence-corrected chi connectivity index (χ3v) is 5.63. The molecule has 0 aromatic heterocycles. The Morgan fingerprint density at radius 3 is 1.82 bits per heavy atom. The van der Waals surface area contributed by atoms with Crippen molar-refractivity contribution in [3.05, 3.63) is 0 Å². The van der Waals surface area contributed by atoms with Gasteiger partial charge in [-0.2, -0.15) is 0 Å². The van der Waals surface area contributed by atoms with Crippen LogP contribution in [0.3, 0.4) is 0 Å². The van der Waals surface area contributed by atoms with Gasteiger partial charge in [0.25, 0.3) is 0 Å². The number of hydrogen-bond acceptors (Lipinski definition) is 15. The van der Waals surface area contributed by atoms with Crippen LogP contribution < -0.4 is 0 Å². The Hall–Kier alpha value is -0.600. The Kier molecular flexibility index (Phi) is 11.2. The van der Waals surface area contributed by atoms with Crippen molar-refractivity contribution in [3.63, 3.8) is 0 Å². The van der Waals surface area contributed by atoms with Gasteiger partial charge in [-0.1, -0.05) is 0 Å². The Morgan fingerprint density at radius 2 is 1.27 bits per heavy atom. The van der Waals surface area contributed by atoms with Crippen molar-refractivity contribution in [3.8, 4) is 0 Å². The quantitative estimate of drug-likeness (QED) is 0.128. The summed E-state index contributed by atoms with van der Waals surface area (Å²) in [6.07, 6.45) is -21.3. The zero-order valence-corrected chi connectivity index (χ0v) is 17.6. The van der Waals surface area contributed by atoms with E-state index in [1.54, 1.807) is 0 Å². The molecule has 0 radical (unpaired) electrons. The predicted molar refractivity (Wildman–Crippen MR) is 102 cm³/mol. The van der Waals surface area contributed by atoms with Crippen LogP contribution in [0.4, 0.5) is 0 Å². The highest BCUT2D eigenvalue weighted by Crippen LogP contribution is 2.31. The molecule has 2 fully saturated rings. The minimum Gasteiger partial charge on any atom is -0.394 e. The molecule has 2 rings (SSSR count). The summed E-state index contributed by atoms with van der Waals surface area (Å²) in [5.74, 6) is 0. The van der Waals surface area contributed by atoms with E-state index in [1.807, 2.05) is 0 Å². The molecular formula is C18H34O15. The molecule has 0 aromatic rings. The first kappa shape index (κ1) is 28.6.